The predicted molar refractivity (Wildman–Crippen MR) is 77.3 cm³/mol. The number of halogens is 3. The first-order valence-electron chi connectivity index (χ1n) is 4.81. The standard InChI is InChI=1S/C10H8BrCl2N5/c11-6-4-15-10(18-14)17-9(6)16-8-3-5(12)1-2-7(8)13/h1-4H,14H2,(H2,15,16,17,18). The molecule has 0 aliphatic rings. The van der Waals surface area contributed by atoms with E-state index in [9.17, 15) is 0 Å². The summed E-state index contributed by atoms with van der Waals surface area (Å²) in [5, 5.41) is 4.15. The Morgan fingerprint density at radius 2 is 2.06 bits per heavy atom. The fraction of sp³-hybridized carbons (Fsp3) is 0. The van der Waals surface area contributed by atoms with Crippen LogP contribution in [0.1, 0.15) is 0 Å². The number of hydrazine groups is 1. The Hall–Kier alpha value is -1.08. The molecule has 1 aromatic carbocycles. The van der Waals surface area contributed by atoms with Gasteiger partial charge in [-0.15, -0.1) is 0 Å². The van der Waals surface area contributed by atoms with Gasteiger partial charge in [-0.1, -0.05) is 23.2 Å². The topological polar surface area (TPSA) is 75.9 Å². The summed E-state index contributed by atoms with van der Waals surface area (Å²) >= 11 is 15.3. The minimum atomic E-state index is 0.291. The summed E-state index contributed by atoms with van der Waals surface area (Å²) in [4.78, 5) is 8.10. The van der Waals surface area contributed by atoms with Crippen LogP contribution in [-0.4, -0.2) is 9.97 Å². The molecule has 5 nitrogen and oxygen atoms in total. The molecule has 0 bridgehead atoms. The highest BCUT2D eigenvalue weighted by atomic mass is 79.9. The molecular formula is C10H8BrCl2N5. The molecule has 0 saturated heterocycles. The van der Waals surface area contributed by atoms with Crippen molar-refractivity contribution in [1.82, 2.24) is 9.97 Å². The zero-order valence-electron chi connectivity index (χ0n) is 8.92. The van der Waals surface area contributed by atoms with E-state index in [4.69, 9.17) is 29.0 Å². The second-order valence-corrected chi connectivity index (χ2v) is 4.98. The van der Waals surface area contributed by atoms with Crippen LogP contribution in [0.15, 0.2) is 28.9 Å². The number of anilines is 3. The third-order valence-electron chi connectivity index (χ3n) is 2.05. The average Bonchev–Trinajstić information content (AvgIpc) is 2.36. The summed E-state index contributed by atoms with van der Waals surface area (Å²) in [5.41, 5.74) is 3.01. The molecular weight excluding hydrogens is 341 g/mol. The van der Waals surface area contributed by atoms with Gasteiger partial charge < -0.3 is 5.32 Å². The molecule has 94 valence electrons. The van der Waals surface area contributed by atoms with Gasteiger partial charge in [-0.3, -0.25) is 5.43 Å². The van der Waals surface area contributed by atoms with E-state index in [2.05, 4.69) is 36.6 Å². The third-order valence-corrected chi connectivity index (χ3v) is 3.20. The van der Waals surface area contributed by atoms with Crippen molar-refractivity contribution in [2.75, 3.05) is 10.7 Å². The number of benzene rings is 1. The van der Waals surface area contributed by atoms with E-state index in [0.717, 1.165) is 0 Å². The molecule has 0 radical (unpaired) electrons. The molecule has 0 saturated carbocycles. The van der Waals surface area contributed by atoms with Crippen molar-refractivity contribution in [3.05, 3.63) is 38.9 Å². The maximum Gasteiger partial charge on any atom is 0.239 e. The zero-order chi connectivity index (χ0) is 13.1. The Morgan fingerprint density at radius 1 is 1.28 bits per heavy atom. The molecule has 2 aromatic rings. The van der Waals surface area contributed by atoms with Crippen LogP contribution in [0.4, 0.5) is 17.5 Å². The van der Waals surface area contributed by atoms with Gasteiger partial charge in [0.1, 0.15) is 5.82 Å². The lowest BCUT2D eigenvalue weighted by molar-refractivity contribution is 1.11. The molecule has 0 unspecified atom stereocenters. The first-order chi connectivity index (χ1) is 8.60. The number of hydrogen-bond acceptors (Lipinski definition) is 5. The number of nitrogens with one attached hydrogen (secondary N) is 2. The molecule has 0 aliphatic heterocycles. The number of nitrogens with two attached hydrogens (primary N) is 1. The van der Waals surface area contributed by atoms with E-state index < -0.39 is 0 Å². The molecule has 0 amide bonds. The Kier molecular flexibility index (Phi) is 4.23. The summed E-state index contributed by atoms with van der Waals surface area (Å²) in [6.45, 7) is 0. The average molecular weight is 349 g/mol. The minimum absolute atomic E-state index is 0.291. The molecule has 0 spiro atoms. The van der Waals surface area contributed by atoms with E-state index in [1.807, 2.05) is 0 Å². The Balaban J connectivity index is 2.36. The fourth-order valence-corrected chi connectivity index (χ4v) is 1.87. The van der Waals surface area contributed by atoms with Gasteiger partial charge in [0.15, 0.2) is 0 Å². The summed E-state index contributed by atoms with van der Waals surface area (Å²) in [6.07, 6.45) is 1.57. The van der Waals surface area contributed by atoms with Gasteiger partial charge >= 0.3 is 0 Å². The van der Waals surface area contributed by atoms with Crippen LogP contribution in [0.5, 0.6) is 0 Å². The molecule has 18 heavy (non-hydrogen) atoms. The maximum absolute atomic E-state index is 6.05. The second kappa shape index (κ2) is 5.71. The predicted octanol–water partition coefficient (Wildman–Crippen LogP) is 3.58. The highest BCUT2D eigenvalue weighted by Gasteiger charge is 2.07. The van der Waals surface area contributed by atoms with Gasteiger partial charge in [0, 0.05) is 11.2 Å². The van der Waals surface area contributed by atoms with Gasteiger partial charge in [0.25, 0.3) is 0 Å². The SMILES string of the molecule is NNc1ncc(Br)c(Nc2cc(Cl)ccc2Cl)n1. The molecule has 1 aromatic heterocycles. The number of aromatic nitrogens is 2. The van der Waals surface area contributed by atoms with E-state index in [1.54, 1.807) is 24.4 Å². The quantitative estimate of drug-likeness (QED) is 0.584. The Labute approximate surface area is 122 Å². The van der Waals surface area contributed by atoms with Crippen LogP contribution in [-0.2, 0) is 0 Å². The van der Waals surface area contributed by atoms with Gasteiger partial charge in [0.2, 0.25) is 5.95 Å². The normalized spacial score (nSPS) is 10.2. The molecule has 0 aliphatic carbocycles. The van der Waals surface area contributed by atoms with Crippen LogP contribution in [0, 0.1) is 0 Å². The van der Waals surface area contributed by atoms with Gasteiger partial charge in [-0.25, -0.2) is 10.8 Å². The van der Waals surface area contributed by atoms with E-state index in [1.165, 1.54) is 0 Å². The van der Waals surface area contributed by atoms with Crippen molar-refractivity contribution in [2.45, 2.75) is 0 Å². The molecule has 4 N–H and O–H groups in total. The van der Waals surface area contributed by atoms with E-state index >= 15 is 0 Å². The summed E-state index contributed by atoms with van der Waals surface area (Å²) < 4.78 is 0.678. The van der Waals surface area contributed by atoms with E-state index in [-0.39, 0.29) is 0 Å². The maximum atomic E-state index is 6.05. The van der Waals surface area contributed by atoms with Crippen LogP contribution in [0.2, 0.25) is 10.0 Å². The number of hydrogen-bond donors (Lipinski definition) is 3. The lowest BCUT2D eigenvalue weighted by Gasteiger charge is -2.10. The van der Waals surface area contributed by atoms with Crippen molar-refractivity contribution in [1.29, 1.82) is 0 Å². The van der Waals surface area contributed by atoms with Crippen molar-refractivity contribution in [3.8, 4) is 0 Å². The highest BCUT2D eigenvalue weighted by molar-refractivity contribution is 9.10. The smallest absolute Gasteiger partial charge is 0.239 e. The van der Waals surface area contributed by atoms with Crippen LogP contribution < -0.4 is 16.6 Å². The Bertz CT molecular complexity index is 578. The fourth-order valence-electron chi connectivity index (χ4n) is 1.25. The number of nitrogens with zero attached hydrogens (tertiary/aromatic N) is 2. The third kappa shape index (κ3) is 3.02. The lowest BCUT2D eigenvalue weighted by Crippen LogP contribution is -2.11. The van der Waals surface area contributed by atoms with Gasteiger partial charge in [-0.05, 0) is 34.1 Å². The highest BCUT2D eigenvalue weighted by Crippen LogP contribution is 2.30. The molecule has 2 rings (SSSR count). The zero-order valence-corrected chi connectivity index (χ0v) is 12.0. The molecule has 1 heterocycles. The lowest BCUT2D eigenvalue weighted by atomic mass is 10.3. The van der Waals surface area contributed by atoms with E-state index in [0.29, 0.717) is 32.0 Å². The van der Waals surface area contributed by atoms with Gasteiger partial charge in [0.05, 0.1) is 15.2 Å². The van der Waals surface area contributed by atoms with Crippen LogP contribution in [0.25, 0.3) is 0 Å². The molecule has 0 fully saturated rings. The first-order valence-corrected chi connectivity index (χ1v) is 6.36. The Morgan fingerprint density at radius 3 is 2.78 bits per heavy atom. The minimum Gasteiger partial charge on any atom is -0.338 e. The summed E-state index contributed by atoms with van der Waals surface area (Å²) in [5.74, 6) is 6.07. The van der Waals surface area contributed by atoms with Crippen molar-refractivity contribution in [2.24, 2.45) is 5.84 Å². The number of rotatable bonds is 3. The summed E-state index contributed by atoms with van der Waals surface area (Å²) in [6, 6.07) is 5.11. The number of nitrogen functional groups attached to an aromatic ring is 1. The first kappa shape index (κ1) is 13.4. The van der Waals surface area contributed by atoms with Crippen molar-refractivity contribution < 1.29 is 0 Å². The van der Waals surface area contributed by atoms with Crippen molar-refractivity contribution in [3.63, 3.8) is 0 Å². The summed E-state index contributed by atoms with van der Waals surface area (Å²) in [7, 11) is 0. The second-order valence-electron chi connectivity index (χ2n) is 3.28. The van der Waals surface area contributed by atoms with Crippen LogP contribution >= 0.6 is 39.1 Å². The van der Waals surface area contributed by atoms with Crippen LogP contribution in [0.3, 0.4) is 0 Å². The monoisotopic (exact) mass is 347 g/mol. The molecule has 8 heteroatoms. The molecule has 0 atom stereocenters. The van der Waals surface area contributed by atoms with Gasteiger partial charge in [-0.2, -0.15) is 4.98 Å². The largest absolute Gasteiger partial charge is 0.338 e. The van der Waals surface area contributed by atoms with Crippen molar-refractivity contribution >= 4 is 56.6 Å².